The second-order valence-corrected chi connectivity index (χ2v) is 6.09. The van der Waals surface area contributed by atoms with E-state index in [-0.39, 0.29) is 0 Å². The molecule has 21 heavy (non-hydrogen) atoms. The van der Waals surface area contributed by atoms with Crippen molar-refractivity contribution in [2.75, 3.05) is 12.4 Å². The lowest BCUT2D eigenvalue weighted by Gasteiger charge is -2.37. The van der Waals surface area contributed by atoms with Gasteiger partial charge in [-0.1, -0.05) is 18.2 Å². The Balaban J connectivity index is 1.59. The molecule has 0 aromatic heterocycles. The molecule has 2 nitrogen and oxygen atoms in total. The smallest absolute Gasteiger partial charge is 0.119 e. The molecule has 0 saturated heterocycles. The molecule has 2 aromatic rings. The molecule has 0 amide bonds. The molecule has 2 aromatic carbocycles. The van der Waals surface area contributed by atoms with Crippen LogP contribution < -0.4 is 10.1 Å². The van der Waals surface area contributed by atoms with Crippen molar-refractivity contribution in [1.29, 1.82) is 0 Å². The Bertz CT molecular complexity index is 629. The Morgan fingerprint density at radius 3 is 2.52 bits per heavy atom. The van der Waals surface area contributed by atoms with Gasteiger partial charge in [-0.15, -0.1) is 0 Å². The summed E-state index contributed by atoms with van der Waals surface area (Å²) in [5, 5.41) is 3.64. The molecule has 0 spiro atoms. The molecule has 1 N–H and O–H groups in total. The zero-order valence-electron chi connectivity index (χ0n) is 13.0. The van der Waals surface area contributed by atoms with E-state index in [1.807, 2.05) is 6.07 Å². The minimum atomic E-state index is 0.586. The average molecular weight is 281 g/mol. The fraction of sp³-hybridized carbons (Fsp3) is 0.368. The third-order valence-corrected chi connectivity index (χ3v) is 4.58. The van der Waals surface area contributed by atoms with Crippen LogP contribution in [-0.2, 0) is 0 Å². The number of hydrogen-bond acceptors (Lipinski definition) is 2. The number of benzene rings is 2. The number of ether oxygens (including phenoxy) is 1. The van der Waals surface area contributed by atoms with Crippen molar-refractivity contribution in [3.63, 3.8) is 0 Å². The van der Waals surface area contributed by atoms with Gasteiger partial charge in [-0.25, -0.2) is 0 Å². The van der Waals surface area contributed by atoms with Crippen LogP contribution in [0.1, 0.15) is 35.4 Å². The highest BCUT2D eigenvalue weighted by molar-refractivity contribution is 5.49. The molecule has 1 saturated carbocycles. The summed E-state index contributed by atoms with van der Waals surface area (Å²) in [7, 11) is 1.73. The van der Waals surface area contributed by atoms with E-state index in [2.05, 4.69) is 55.6 Å². The normalized spacial score (nSPS) is 20.7. The number of methoxy groups -OCH3 is 1. The molecule has 3 rings (SSSR count). The standard InChI is InChI=1S/C19H23NO/c1-13-7-8-17(9-14(13)2)20-18-10-16(11-18)15-5-4-6-19(12-15)21-3/h4-9,12,16,18,20H,10-11H2,1-3H3. The number of rotatable bonds is 4. The lowest BCUT2D eigenvalue weighted by atomic mass is 9.75. The van der Waals surface area contributed by atoms with Gasteiger partial charge < -0.3 is 10.1 Å². The summed E-state index contributed by atoms with van der Waals surface area (Å²) in [6.45, 7) is 4.32. The first kappa shape index (κ1) is 14.0. The number of aryl methyl sites for hydroxylation is 2. The van der Waals surface area contributed by atoms with Crippen molar-refractivity contribution in [3.05, 3.63) is 59.2 Å². The maximum Gasteiger partial charge on any atom is 0.119 e. The summed E-state index contributed by atoms with van der Waals surface area (Å²) < 4.78 is 5.30. The molecule has 0 heterocycles. The van der Waals surface area contributed by atoms with Crippen LogP contribution in [0.2, 0.25) is 0 Å². The Morgan fingerprint density at radius 1 is 1.00 bits per heavy atom. The zero-order valence-corrected chi connectivity index (χ0v) is 13.0. The van der Waals surface area contributed by atoms with Crippen LogP contribution in [0, 0.1) is 13.8 Å². The summed E-state index contributed by atoms with van der Waals surface area (Å²) >= 11 is 0. The molecule has 0 aliphatic heterocycles. The highest BCUT2D eigenvalue weighted by Crippen LogP contribution is 2.39. The fourth-order valence-electron chi connectivity index (χ4n) is 2.97. The Labute approximate surface area is 127 Å². The SMILES string of the molecule is COc1cccc(C2CC(Nc3ccc(C)c(C)c3)C2)c1. The molecule has 1 aliphatic carbocycles. The summed E-state index contributed by atoms with van der Waals surface area (Å²) in [5.74, 6) is 1.61. The van der Waals surface area contributed by atoms with Gasteiger partial charge in [0.25, 0.3) is 0 Å². The molecule has 2 heteroatoms. The highest BCUT2D eigenvalue weighted by atomic mass is 16.5. The van der Waals surface area contributed by atoms with E-state index < -0.39 is 0 Å². The number of anilines is 1. The van der Waals surface area contributed by atoms with Crippen molar-refractivity contribution in [2.24, 2.45) is 0 Å². The predicted octanol–water partition coefficient (Wildman–Crippen LogP) is 4.67. The zero-order chi connectivity index (χ0) is 14.8. The third kappa shape index (κ3) is 3.05. The minimum absolute atomic E-state index is 0.586. The van der Waals surface area contributed by atoms with Gasteiger partial charge in [0.1, 0.15) is 5.75 Å². The van der Waals surface area contributed by atoms with Crippen molar-refractivity contribution in [1.82, 2.24) is 0 Å². The Morgan fingerprint density at radius 2 is 1.81 bits per heavy atom. The quantitative estimate of drug-likeness (QED) is 0.879. The first-order valence-corrected chi connectivity index (χ1v) is 7.63. The monoisotopic (exact) mass is 281 g/mol. The molecule has 110 valence electrons. The first-order chi connectivity index (χ1) is 10.2. The fourth-order valence-corrected chi connectivity index (χ4v) is 2.97. The summed E-state index contributed by atoms with van der Waals surface area (Å²) in [4.78, 5) is 0. The van der Waals surface area contributed by atoms with Crippen LogP contribution in [0.4, 0.5) is 5.69 Å². The van der Waals surface area contributed by atoms with Crippen molar-refractivity contribution >= 4 is 5.69 Å². The van der Waals surface area contributed by atoms with E-state index in [1.165, 1.54) is 35.2 Å². The largest absolute Gasteiger partial charge is 0.497 e. The van der Waals surface area contributed by atoms with E-state index in [9.17, 15) is 0 Å². The van der Waals surface area contributed by atoms with Gasteiger partial charge in [-0.3, -0.25) is 0 Å². The molecule has 0 unspecified atom stereocenters. The molecule has 0 radical (unpaired) electrons. The first-order valence-electron chi connectivity index (χ1n) is 7.63. The van der Waals surface area contributed by atoms with Gasteiger partial charge in [0, 0.05) is 11.7 Å². The van der Waals surface area contributed by atoms with Crippen molar-refractivity contribution in [3.8, 4) is 5.75 Å². The second kappa shape index (κ2) is 5.80. The van der Waals surface area contributed by atoms with Crippen LogP contribution >= 0.6 is 0 Å². The maximum atomic E-state index is 5.30. The van der Waals surface area contributed by atoms with E-state index in [4.69, 9.17) is 4.74 Å². The summed E-state index contributed by atoms with van der Waals surface area (Å²) in [6.07, 6.45) is 2.39. The average Bonchev–Trinajstić information content (AvgIpc) is 2.46. The van der Waals surface area contributed by atoms with Crippen molar-refractivity contribution in [2.45, 2.75) is 38.6 Å². The van der Waals surface area contributed by atoms with Crippen LogP contribution in [0.25, 0.3) is 0 Å². The number of nitrogens with one attached hydrogen (secondary N) is 1. The topological polar surface area (TPSA) is 21.3 Å². The van der Waals surface area contributed by atoms with E-state index >= 15 is 0 Å². The molecule has 0 bridgehead atoms. The molecule has 1 fully saturated rings. The van der Waals surface area contributed by atoms with E-state index in [0.717, 1.165) is 5.75 Å². The summed E-state index contributed by atoms with van der Waals surface area (Å²) in [6, 6.07) is 15.7. The number of hydrogen-bond donors (Lipinski definition) is 1. The van der Waals surface area contributed by atoms with Crippen molar-refractivity contribution < 1.29 is 4.74 Å². The summed E-state index contributed by atoms with van der Waals surface area (Å²) in [5.41, 5.74) is 5.34. The maximum absolute atomic E-state index is 5.30. The Hall–Kier alpha value is -1.96. The van der Waals surface area contributed by atoms with Gasteiger partial charge in [-0.2, -0.15) is 0 Å². The molecular weight excluding hydrogens is 258 g/mol. The second-order valence-electron chi connectivity index (χ2n) is 6.09. The molecular formula is C19H23NO. The third-order valence-electron chi connectivity index (χ3n) is 4.58. The lowest BCUT2D eigenvalue weighted by Crippen LogP contribution is -2.34. The van der Waals surface area contributed by atoms with Crippen LogP contribution in [0.3, 0.4) is 0 Å². The predicted molar refractivity (Wildman–Crippen MR) is 88.3 cm³/mol. The van der Waals surface area contributed by atoms with Crippen LogP contribution in [-0.4, -0.2) is 13.2 Å². The molecule has 0 atom stereocenters. The Kier molecular flexibility index (Phi) is 3.87. The minimum Gasteiger partial charge on any atom is -0.497 e. The lowest BCUT2D eigenvalue weighted by molar-refractivity contribution is 0.370. The van der Waals surface area contributed by atoms with Gasteiger partial charge >= 0.3 is 0 Å². The molecule has 1 aliphatic rings. The van der Waals surface area contributed by atoms with E-state index in [1.54, 1.807) is 7.11 Å². The van der Waals surface area contributed by atoms with E-state index in [0.29, 0.717) is 12.0 Å². The van der Waals surface area contributed by atoms with Gasteiger partial charge in [0.05, 0.1) is 7.11 Å². The van der Waals surface area contributed by atoms with Crippen LogP contribution in [0.5, 0.6) is 5.75 Å². The van der Waals surface area contributed by atoms with Gasteiger partial charge in [0.2, 0.25) is 0 Å². The highest BCUT2D eigenvalue weighted by Gasteiger charge is 2.30. The van der Waals surface area contributed by atoms with Gasteiger partial charge in [0.15, 0.2) is 0 Å². The van der Waals surface area contributed by atoms with Crippen LogP contribution in [0.15, 0.2) is 42.5 Å². The van der Waals surface area contributed by atoms with Gasteiger partial charge in [-0.05, 0) is 73.6 Å².